The first-order valence-corrected chi connectivity index (χ1v) is 6.07. The van der Waals surface area contributed by atoms with E-state index in [0.717, 1.165) is 19.3 Å². The summed E-state index contributed by atoms with van der Waals surface area (Å²) in [6.07, 6.45) is 5.48. The number of aliphatic hydroxyl groups excluding tert-OH is 1. The van der Waals surface area contributed by atoms with Crippen molar-refractivity contribution in [2.75, 3.05) is 0 Å². The molecule has 0 unspecified atom stereocenters. The van der Waals surface area contributed by atoms with Gasteiger partial charge in [0.05, 0.1) is 18.6 Å². The molecule has 1 aliphatic carbocycles. The number of nitrogens with one attached hydrogen (secondary N) is 1. The van der Waals surface area contributed by atoms with Crippen molar-refractivity contribution in [3.63, 3.8) is 0 Å². The number of carbonyl (C=O) groups is 1. The van der Waals surface area contributed by atoms with Crippen molar-refractivity contribution in [2.24, 2.45) is 13.0 Å². The van der Waals surface area contributed by atoms with Crippen LogP contribution in [0.25, 0.3) is 0 Å². The second-order valence-electron chi connectivity index (χ2n) is 4.76. The van der Waals surface area contributed by atoms with Gasteiger partial charge < -0.3 is 15.0 Å². The van der Waals surface area contributed by atoms with Gasteiger partial charge in [-0.1, -0.05) is 6.92 Å². The van der Waals surface area contributed by atoms with Crippen molar-refractivity contribution < 1.29 is 9.90 Å². The van der Waals surface area contributed by atoms with E-state index in [1.54, 1.807) is 24.1 Å². The van der Waals surface area contributed by atoms with Gasteiger partial charge >= 0.3 is 0 Å². The standard InChI is InChI=1S/C12H19N3O2/c1-3-10(8-4-9(16)5-8)14-12(17)11-6-13-7-15(11)2/h6-10,16H,3-5H2,1-2H3,(H,14,17)/t8?,9?,10-/m1/s1. The van der Waals surface area contributed by atoms with Crippen molar-refractivity contribution in [3.8, 4) is 0 Å². The smallest absolute Gasteiger partial charge is 0.269 e. The van der Waals surface area contributed by atoms with Crippen LogP contribution in [0.1, 0.15) is 36.7 Å². The summed E-state index contributed by atoms with van der Waals surface area (Å²) in [6.45, 7) is 2.05. The molecule has 2 rings (SSSR count). The minimum absolute atomic E-state index is 0.0850. The Morgan fingerprint density at radius 3 is 2.88 bits per heavy atom. The Bertz CT molecular complexity index is 396. The maximum Gasteiger partial charge on any atom is 0.269 e. The number of nitrogens with zero attached hydrogens (tertiary/aromatic N) is 2. The Kier molecular flexibility index (Phi) is 3.47. The van der Waals surface area contributed by atoms with E-state index >= 15 is 0 Å². The molecule has 5 heteroatoms. The molecule has 1 aliphatic rings. The lowest BCUT2D eigenvalue weighted by molar-refractivity contribution is 0.0231. The van der Waals surface area contributed by atoms with Gasteiger partial charge in [0.2, 0.25) is 0 Å². The summed E-state index contributed by atoms with van der Waals surface area (Å²) >= 11 is 0. The zero-order valence-corrected chi connectivity index (χ0v) is 10.3. The van der Waals surface area contributed by atoms with Crippen LogP contribution in [0.15, 0.2) is 12.5 Å². The first kappa shape index (κ1) is 12.1. The number of hydrogen-bond donors (Lipinski definition) is 2. The molecule has 0 radical (unpaired) electrons. The number of aromatic nitrogens is 2. The Balaban J connectivity index is 1.95. The number of aryl methyl sites for hydroxylation is 1. The van der Waals surface area contributed by atoms with E-state index in [4.69, 9.17) is 0 Å². The Morgan fingerprint density at radius 1 is 1.71 bits per heavy atom. The molecule has 0 aromatic carbocycles. The van der Waals surface area contributed by atoms with Gasteiger partial charge in [-0.3, -0.25) is 4.79 Å². The zero-order chi connectivity index (χ0) is 12.4. The number of imidazole rings is 1. The van der Waals surface area contributed by atoms with Crippen LogP contribution in [0.3, 0.4) is 0 Å². The summed E-state index contributed by atoms with van der Waals surface area (Å²) in [5, 5.41) is 12.3. The quantitative estimate of drug-likeness (QED) is 0.810. The molecule has 1 fully saturated rings. The maximum atomic E-state index is 12.0. The molecular weight excluding hydrogens is 218 g/mol. The average Bonchev–Trinajstić information content (AvgIpc) is 2.68. The van der Waals surface area contributed by atoms with Gasteiger partial charge in [0, 0.05) is 13.1 Å². The third-order valence-electron chi connectivity index (χ3n) is 3.52. The lowest BCUT2D eigenvalue weighted by Crippen LogP contribution is -2.47. The minimum atomic E-state index is -0.178. The van der Waals surface area contributed by atoms with Crippen molar-refractivity contribution in [2.45, 2.75) is 38.3 Å². The average molecular weight is 237 g/mol. The van der Waals surface area contributed by atoms with E-state index in [2.05, 4.69) is 17.2 Å². The van der Waals surface area contributed by atoms with Crippen LogP contribution < -0.4 is 5.32 Å². The van der Waals surface area contributed by atoms with Gasteiger partial charge in [0.1, 0.15) is 5.69 Å². The summed E-state index contributed by atoms with van der Waals surface area (Å²) in [4.78, 5) is 15.9. The first-order valence-electron chi connectivity index (χ1n) is 6.07. The zero-order valence-electron chi connectivity index (χ0n) is 10.3. The van der Waals surface area contributed by atoms with Crippen LogP contribution in [-0.2, 0) is 7.05 Å². The van der Waals surface area contributed by atoms with E-state index in [-0.39, 0.29) is 18.1 Å². The largest absolute Gasteiger partial charge is 0.393 e. The normalized spacial score (nSPS) is 25.1. The van der Waals surface area contributed by atoms with Gasteiger partial charge in [0.25, 0.3) is 5.91 Å². The molecule has 1 atom stereocenters. The second kappa shape index (κ2) is 4.87. The molecule has 0 bridgehead atoms. The molecule has 0 saturated heterocycles. The van der Waals surface area contributed by atoms with Gasteiger partial charge in [-0.2, -0.15) is 0 Å². The molecule has 1 saturated carbocycles. The van der Waals surface area contributed by atoms with E-state index in [1.165, 1.54) is 0 Å². The number of amides is 1. The monoisotopic (exact) mass is 237 g/mol. The molecular formula is C12H19N3O2. The van der Waals surface area contributed by atoms with E-state index in [1.807, 2.05) is 0 Å². The number of rotatable bonds is 4. The highest BCUT2D eigenvalue weighted by Gasteiger charge is 2.34. The molecule has 1 aromatic heterocycles. The third-order valence-corrected chi connectivity index (χ3v) is 3.52. The SMILES string of the molecule is CC[C@@H](NC(=O)c1cncn1C)C1CC(O)C1. The summed E-state index contributed by atoms with van der Waals surface area (Å²) < 4.78 is 1.71. The molecule has 1 amide bonds. The summed E-state index contributed by atoms with van der Waals surface area (Å²) in [5.74, 6) is 0.324. The van der Waals surface area contributed by atoms with Crippen LogP contribution in [0.5, 0.6) is 0 Å². The van der Waals surface area contributed by atoms with Crippen molar-refractivity contribution in [3.05, 3.63) is 18.2 Å². The van der Waals surface area contributed by atoms with Crippen molar-refractivity contribution in [1.29, 1.82) is 0 Å². The topological polar surface area (TPSA) is 67.2 Å². The van der Waals surface area contributed by atoms with Gasteiger partial charge in [-0.05, 0) is 25.2 Å². The van der Waals surface area contributed by atoms with Crippen LogP contribution in [0.2, 0.25) is 0 Å². The van der Waals surface area contributed by atoms with Crippen LogP contribution in [0, 0.1) is 5.92 Å². The number of aliphatic hydroxyl groups is 1. The molecule has 0 aliphatic heterocycles. The molecule has 17 heavy (non-hydrogen) atoms. The fraction of sp³-hybridized carbons (Fsp3) is 0.667. The van der Waals surface area contributed by atoms with Gasteiger partial charge in [0.15, 0.2) is 0 Å². The molecule has 94 valence electrons. The second-order valence-corrected chi connectivity index (χ2v) is 4.76. The summed E-state index contributed by atoms with van der Waals surface area (Å²) in [5.41, 5.74) is 0.573. The Morgan fingerprint density at radius 2 is 2.41 bits per heavy atom. The van der Waals surface area contributed by atoms with E-state index in [0.29, 0.717) is 11.6 Å². The molecule has 5 nitrogen and oxygen atoms in total. The van der Waals surface area contributed by atoms with Crippen molar-refractivity contribution in [1.82, 2.24) is 14.9 Å². The summed E-state index contributed by atoms with van der Waals surface area (Å²) in [7, 11) is 1.80. The molecule has 0 spiro atoms. The molecule has 2 N–H and O–H groups in total. The Labute approximate surface area is 101 Å². The van der Waals surface area contributed by atoms with Crippen LogP contribution in [-0.4, -0.2) is 32.7 Å². The highest BCUT2D eigenvalue weighted by atomic mass is 16.3. The highest BCUT2D eigenvalue weighted by Crippen LogP contribution is 2.31. The lowest BCUT2D eigenvalue weighted by atomic mass is 9.76. The number of hydrogen-bond acceptors (Lipinski definition) is 3. The van der Waals surface area contributed by atoms with Crippen LogP contribution in [0.4, 0.5) is 0 Å². The predicted molar refractivity (Wildman–Crippen MR) is 63.5 cm³/mol. The fourth-order valence-corrected chi connectivity index (χ4v) is 2.33. The van der Waals surface area contributed by atoms with E-state index in [9.17, 15) is 9.90 Å². The predicted octanol–water partition coefficient (Wildman–Crippen LogP) is 0.699. The highest BCUT2D eigenvalue weighted by molar-refractivity contribution is 5.92. The Hall–Kier alpha value is -1.36. The molecule has 1 aromatic rings. The third kappa shape index (κ3) is 2.49. The fourth-order valence-electron chi connectivity index (χ4n) is 2.33. The first-order chi connectivity index (χ1) is 8.11. The summed E-state index contributed by atoms with van der Waals surface area (Å²) in [6, 6.07) is 0.154. The van der Waals surface area contributed by atoms with Crippen LogP contribution >= 0.6 is 0 Å². The van der Waals surface area contributed by atoms with Gasteiger partial charge in [-0.15, -0.1) is 0 Å². The number of carbonyl (C=O) groups excluding carboxylic acids is 1. The van der Waals surface area contributed by atoms with E-state index < -0.39 is 0 Å². The maximum absolute atomic E-state index is 12.0. The van der Waals surface area contributed by atoms with Crippen molar-refractivity contribution >= 4 is 5.91 Å². The van der Waals surface area contributed by atoms with Gasteiger partial charge in [-0.25, -0.2) is 4.98 Å². The molecule has 1 heterocycles. The minimum Gasteiger partial charge on any atom is -0.393 e. The lowest BCUT2D eigenvalue weighted by Gasteiger charge is -2.37.